The van der Waals surface area contributed by atoms with Crippen LogP contribution in [0.3, 0.4) is 0 Å². The molecule has 0 aliphatic carbocycles. The summed E-state index contributed by atoms with van der Waals surface area (Å²) in [6.07, 6.45) is 0. The Morgan fingerprint density at radius 3 is 2.53 bits per heavy atom. The lowest BCUT2D eigenvalue weighted by atomic mass is 10.1. The van der Waals surface area contributed by atoms with Gasteiger partial charge in [-0.3, -0.25) is 0 Å². The number of benzene rings is 1. The fourth-order valence-electron chi connectivity index (χ4n) is 1.94. The summed E-state index contributed by atoms with van der Waals surface area (Å²) < 4.78 is 14.9. The fraction of sp³-hybridized carbons (Fsp3) is 0.308. The van der Waals surface area contributed by atoms with Gasteiger partial charge in [-0.1, -0.05) is 0 Å². The molecule has 90 valence electrons. The summed E-state index contributed by atoms with van der Waals surface area (Å²) in [7, 11) is 3.86. The number of halogens is 1. The molecular formula is C13H16FN3. The lowest BCUT2D eigenvalue weighted by Crippen LogP contribution is -2.07. The molecule has 0 unspecified atom stereocenters. The van der Waals surface area contributed by atoms with Crippen LogP contribution in [0.5, 0.6) is 0 Å². The average Bonchev–Trinajstić information content (AvgIpc) is 2.57. The van der Waals surface area contributed by atoms with Crippen LogP contribution in [0, 0.1) is 12.7 Å². The van der Waals surface area contributed by atoms with Crippen molar-refractivity contribution in [3.8, 4) is 11.3 Å². The number of nitrogens with one attached hydrogen (secondary N) is 1. The Morgan fingerprint density at radius 2 is 1.94 bits per heavy atom. The molecule has 17 heavy (non-hydrogen) atoms. The molecule has 0 aliphatic rings. The first-order chi connectivity index (χ1) is 8.13. The van der Waals surface area contributed by atoms with Crippen LogP contribution in [0.15, 0.2) is 24.3 Å². The van der Waals surface area contributed by atoms with E-state index in [9.17, 15) is 4.39 Å². The maximum Gasteiger partial charge on any atom is 0.123 e. The second-order valence-corrected chi connectivity index (χ2v) is 4.05. The Kier molecular flexibility index (Phi) is 3.24. The quantitative estimate of drug-likeness (QED) is 0.881. The molecule has 0 atom stereocenters. The summed E-state index contributed by atoms with van der Waals surface area (Å²) in [6.45, 7) is 2.67. The monoisotopic (exact) mass is 233 g/mol. The summed E-state index contributed by atoms with van der Waals surface area (Å²) in [5, 5.41) is 3.10. The second-order valence-electron chi connectivity index (χ2n) is 4.05. The maximum atomic E-state index is 12.9. The summed E-state index contributed by atoms with van der Waals surface area (Å²) >= 11 is 0. The highest BCUT2D eigenvalue weighted by Crippen LogP contribution is 2.24. The van der Waals surface area contributed by atoms with Crippen molar-refractivity contribution in [2.45, 2.75) is 13.5 Å². The van der Waals surface area contributed by atoms with E-state index in [1.165, 1.54) is 12.1 Å². The highest BCUT2D eigenvalue weighted by Gasteiger charge is 2.13. The van der Waals surface area contributed by atoms with Crippen LogP contribution in [0.1, 0.15) is 11.5 Å². The summed E-state index contributed by atoms with van der Waals surface area (Å²) in [6, 6.07) is 6.51. The molecule has 1 heterocycles. The van der Waals surface area contributed by atoms with Crippen LogP contribution in [-0.2, 0) is 13.6 Å². The normalized spacial score (nSPS) is 10.8. The Morgan fingerprint density at radius 1 is 1.29 bits per heavy atom. The summed E-state index contributed by atoms with van der Waals surface area (Å²) in [5.41, 5.74) is 3.01. The van der Waals surface area contributed by atoms with Gasteiger partial charge in [0.25, 0.3) is 0 Å². The Balaban J connectivity index is 2.53. The first-order valence-corrected chi connectivity index (χ1v) is 5.56. The van der Waals surface area contributed by atoms with E-state index in [4.69, 9.17) is 0 Å². The number of rotatable bonds is 3. The van der Waals surface area contributed by atoms with Crippen molar-refractivity contribution in [3.63, 3.8) is 0 Å². The minimum Gasteiger partial charge on any atom is -0.331 e. The zero-order chi connectivity index (χ0) is 12.4. The van der Waals surface area contributed by atoms with Crippen molar-refractivity contribution < 1.29 is 4.39 Å². The van der Waals surface area contributed by atoms with Crippen LogP contribution in [0.25, 0.3) is 11.3 Å². The molecule has 2 aromatic rings. The molecule has 1 N–H and O–H groups in total. The van der Waals surface area contributed by atoms with Crippen molar-refractivity contribution in [1.29, 1.82) is 0 Å². The molecule has 1 aromatic carbocycles. The van der Waals surface area contributed by atoms with Gasteiger partial charge in [0.2, 0.25) is 0 Å². The van der Waals surface area contributed by atoms with E-state index in [0.29, 0.717) is 6.54 Å². The van der Waals surface area contributed by atoms with Crippen LogP contribution in [0.2, 0.25) is 0 Å². The molecule has 0 saturated heterocycles. The smallest absolute Gasteiger partial charge is 0.123 e. The molecule has 1 aromatic heterocycles. The first kappa shape index (κ1) is 11.8. The van der Waals surface area contributed by atoms with Crippen molar-refractivity contribution in [2.24, 2.45) is 7.05 Å². The van der Waals surface area contributed by atoms with Crippen molar-refractivity contribution in [2.75, 3.05) is 7.05 Å². The average molecular weight is 233 g/mol. The number of hydrogen-bond acceptors (Lipinski definition) is 2. The van der Waals surface area contributed by atoms with Crippen molar-refractivity contribution in [3.05, 3.63) is 41.6 Å². The third-order valence-corrected chi connectivity index (χ3v) is 2.85. The van der Waals surface area contributed by atoms with Gasteiger partial charge >= 0.3 is 0 Å². The van der Waals surface area contributed by atoms with Gasteiger partial charge in [-0.2, -0.15) is 0 Å². The minimum atomic E-state index is -0.220. The first-order valence-electron chi connectivity index (χ1n) is 5.56. The third kappa shape index (κ3) is 2.22. The number of imidazole rings is 1. The molecule has 0 radical (unpaired) electrons. The highest BCUT2D eigenvalue weighted by molar-refractivity contribution is 5.63. The van der Waals surface area contributed by atoms with Gasteiger partial charge in [0.05, 0.1) is 11.4 Å². The number of hydrogen-bond donors (Lipinski definition) is 1. The van der Waals surface area contributed by atoms with Gasteiger partial charge in [0.15, 0.2) is 0 Å². The standard InChI is InChI=1S/C13H16FN3/c1-9-16-12(8-15-2)13(17(9)3)10-4-6-11(14)7-5-10/h4-7,15H,8H2,1-3H3. The lowest BCUT2D eigenvalue weighted by Gasteiger charge is -2.06. The van der Waals surface area contributed by atoms with Gasteiger partial charge in [-0.25, -0.2) is 9.37 Å². The van der Waals surface area contributed by atoms with E-state index >= 15 is 0 Å². The summed E-state index contributed by atoms with van der Waals surface area (Å²) in [5.74, 6) is 0.734. The van der Waals surface area contributed by atoms with Gasteiger partial charge in [-0.05, 0) is 38.2 Å². The molecule has 0 aliphatic heterocycles. The van der Waals surface area contributed by atoms with Gasteiger partial charge in [0.1, 0.15) is 11.6 Å². The Hall–Kier alpha value is -1.68. The predicted molar refractivity (Wildman–Crippen MR) is 66.1 cm³/mol. The molecule has 2 rings (SSSR count). The predicted octanol–water partition coefficient (Wildman–Crippen LogP) is 2.25. The fourth-order valence-corrected chi connectivity index (χ4v) is 1.94. The van der Waals surface area contributed by atoms with Crippen LogP contribution >= 0.6 is 0 Å². The summed E-state index contributed by atoms with van der Waals surface area (Å²) in [4.78, 5) is 4.51. The zero-order valence-corrected chi connectivity index (χ0v) is 10.3. The molecule has 0 saturated carbocycles. The second kappa shape index (κ2) is 4.67. The van der Waals surface area contributed by atoms with E-state index in [2.05, 4.69) is 10.3 Å². The molecular weight excluding hydrogens is 217 g/mol. The van der Waals surface area contributed by atoms with Gasteiger partial charge in [-0.15, -0.1) is 0 Å². The molecule has 0 fully saturated rings. The van der Waals surface area contributed by atoms with Crippen molar-refractivity contribution in [1.82, 2.24) is 14.9 Å². The Labute approximate surface area is 100 Å². The largest absolute Gasteiger partial charge is 0.331 e. The van der Waals surface area contributed by atoms with Crippen molar-refractivity contribution >= 4 is 0 Å². The number of nitrogens with zero attached hydrogens (tertiary/aromatic N) is 2. The van der Waals surface area contributed by atoms with Crippen LogP contribution < -0.4 is 5.32 Å². The molecule has 0 amide bonds. The SMILES string of the molecule is CNCc1nc(C)n(C)c1-c1ccc(F)cc1. The zero-order valence-electron chi connectivity index (χ0n) is 10.3. The number of aromatic nitrogens is 2. The molecule has 4 heteroatoms. The van der Waals surface area contributed by atoms with Crippen LogP contribution in [0.4, 0.5) is 4.39 Å². The third-order valence-electron chi connectivity index (χ3n) is 2.85. The van der Waals surface area contributed by atoms with Crippen LogP contribution in [-0.4, -0.2) is 16.6 Å². The van der Waals surface area contributed by atoms with Gasteiger partial charge < -0.3 is 9.88 Å². The number of aryl methyl sites for hydroxylation is 1. The van der Waals surface area contributed by atoms with Gasteiger partial charge in [0, 0.05) is 19.2 Å². The Bertz CT molecular complexity index is 514. The van der Waals surface area contributed by atoms with E-state index in [1.807, 2.05) is 25.6 Å². The maximum absolute atomic E-state index is 12.9. The molecule has 3 nitrogen and oxygen atoms in total. The van der Waals surface area contributed by atoms with E-state index in [-0.39, 0.29) is 5.82 Å². The van der Waals surface area contributed by atoms with E-state index < -0.39 is 0 Å². The van der Waals surface area contributed by atoms with E-state index in [0.717, 1.165) is 22.8 Å². The topological polar surface area (TPSA) is 29.9 Å². The molecule has 0 spiro atoms. The van der Waals surface area contributed by atoms with E-state index in [1.54, 1.807) is 12.1 Å². The highest BCUT2D eigenvalue weighted by atomic mass is 19.1. The lowest BCUT2D eigenvalue weighted by molar-refractivity contribution is 0.628. The molecule has 0 bridgehead atoms. The minimum absolute atomic E-state index is 0.220.